The molecule has 5 nitrogen and oxygen atoms in total. The molecule has 2 aromatic carbocycles. The Hall–Kier alpha value is -2.63. The summed E-state index contributed by atoms with van der Waals surface area (Å²) >= 11 is 6.24. The van der Waals surface area contributed by atoms with Crippen molar-refractivity contribution >= 4 is 34.7 Å². The van der Waals surface area contributed by atoms with Gasteiger partial charge in [0.15, 0.2) is 0 Å². The Morgan fingerprint density at radius 2 is 2.03 bits per heavy atom. The quantitative estimate of drug-likeness (QED) is 0.532. The van der Waals surface area contributed by atoms with Crippen molar-refractivity contribution in [3.63, 3.8) is 0 Å². The van der Waals surface area contributed by atoms with E-state index in [4.69, 9.17) is 22.3 Å². The predicted molar refractivity (Wildman–Crippen MR) is 133 cm³/mol. The van der Waals surface area contributed by atoms with Gasteiger partial charge in [-0.05, 0) is 72.2 Å². The Kier molecular flexibility index (Phi) is 6.68. The molecule has 4 rings (SSSR count). The molecule has 0 aliphatic carbocycles. The standard InChI is InChI=1S/C26H31ClN4O/c1-3-26(2)15-23(30-20-9-6-17(7-10-20)5-4-12-28)29-16-18-13-24(32)31-22-14-19(27)8-11-21(22)25(18)26/h6-11,14,16,25H,3-5,12-13,15,28H2,1-2H3,(H,29,30)(H,31,32). The van der Waals surface area contributed by atoms with E-state index in [0.717, 1.165) is 54.0 Å². The molecule has 2 unspecified atom stereocenters. The lowest BCUT2D eigenvalue weighted by Gasteiger charge is -2.37. The molecule has 2 heterocycles. The van der Waals surface area contributed by atoms with E-state index in [2.05, 4.69) is 48.7 Å². The summed E-state index contributed by atoms with van der Waals surface area (Å²) in [6, 6.07) is 14.3. The maximum Gasteiger partial charge on any atom is 0.228 e. The smallest absolute Gasteiger partial charge is 0.228 e. The fourth-order valence-corrected chi connectivity index (χ4v) is 5.01. The van der Waals surface area contributed by atoms with Gasteiger partial charge in [-0.1, -0.05) is 43.6 Å². The molecule has 0 fully saturated rings. The predicted octanol–water partition coefficient (Wildman–Crippen LogP) is 5.87. The van der Waals surface area contributed by atoms with Crippen LogP contribution in [0.4, 0.5) is 11.4 Å². The van der Waals surface area contributed by atoms with Crippen LogP contribution in [0.1, 0.15) is 56.6 Å². The third-order valence-electron chi connectivity index (χ3n) is 6.71. The van der Waals surface area contributed by atoms with E-state index in [-0.39, 0.29) is 17.2 Å². The number of nitrogens with two attached hydrogens (primary N) is 1. The average molecular weight is 451 g/mol. The van der Waals surface area contributed by atoms with Crippen molar-refractivity contribution < 1.29 is 4.79 Å². The molecule has 0 spiro atoms. The van der Waals surface area contributed by atoms with Crippen molar-refractivity contribution in [2.75, 3.05) is 17.2 Å². The van der Waals surface area contributed by atoms with Crippen molar-refractivity contribution in [2.24, 2.45) is 16.1 Å². The molecular weight excluding hydrogens is 420 g/mol. The number of halogens is 1. The number of aryl methyl sites for hydroxylation is 1. The summed E-state index contributed by atoms with van der Waals surface area (Å²) in [5.74, 6) is 0.973. The molecule has 1 amide bonds. The van der Waals surface area contributed by atoms with Gasteiger partial charge in [0, 0.05) is 34.9 Å². The third-order valence-corrected chi connectivity index (χ3v) is 6.95. The highest BCUT2D eigenvalue weighted by Gasteiger charge is 2.41. The maximum absolute atomic E-state index is 12.6. The lowest BCUT2D eigenvalue weighted by Crippen LogP contribution is -2.30. The van der Waals surface area contributed by atoms with Crippen LogP contribution in [-0.2, 0) is 11.2 Å². The average Bonchev–Trinajstić information content (AvgIpc) is 3.00. The fraction of sp³-hybridized carbons (Fsp3) is 0.385. The monoisotopic (exact) mass is 450 g/mol. The molecule has 2 aliphatic rings. The number of carbonyl (C=O) groups is 1. The summed E-state index contributed by atoms with van der Waals surface area (Å²) in [5.41, 5.74) is 10.8. The van der Waals surface area contributed by atoms with Gasteiger partial charge in [-0.15, -0.1) is 0 Å². The van der Waals surface area contributed by atoms with E-state index < -0.39 is 0 Å². The zero-order valence-electron chi connectivity index (χ0n) is 18.7. The minimum absolute atomic E-state index is 0.0274. The van der Waals surface area contributed by atoms with Gasteiger partial charge in [-0.2, -0.15) is 0 Å². The van der Waals surface area contributed by atoms with Crippen molar-refractivity contribution in [1.82, 2.24) is 0 Å². The molecule has 2 atom stereocenters. The van der Waals surface area contributed by atoms with Crippen molar-refractivity contribution in [3.05, 3.63) is 70.4 Å². The van der Waals surface area contributed by atoms with Gasteiger partial charge in [-0.25, -0.2) is 4.99 Å². The molecule has 32 heavy (non-hydrogen) atoms. The summed E-state index contributed by atoms with van der Waals surface area (Å²) in [7, 11) is 0. The molecule has 6 heteroatoms. The van der Waals surface area contributed by atoms with Gasteiger partial charge in [0.05, 0.1) is 6.42 Å². The molecule has 4 N–H and O–H groups in total. The normalized spacial score (nSPS) is 22.5. The third kappa shape index (κ3) is 4.74. The summed E-state index contributed by atoms with van der Waals surface area (Å²) in [6.45, 7) is 5.20. The molecule has 0 saturated heterocycles. The van der Waals surface area contributed by atoms with Crippen molar-refractivity contribution in [2.45, 2.75) is 51.9 Å². The number of aliphatic imine (C=N–C) groups is 1. The number of amidine groups is 1. The van der Waals surface area contributed by atoms with Gasteiger partial charge in [0.1, 0.15) is 5.84 Å². The van der Waals surface area contributed by atoms with Crippen molar-refractivity contribution in [1.29, 1.82) is 0 Å². The summed E-state index contributed by atoms with van der Waals surface area (Å²) < 4.78 is 0. The van der Waals surface area contributed by atoms with E-state index in [9.17, 15) is 4.79 Å². The lowest BCUT2D eigenvalue weighted by molar-refractivity contribution is -0.115. The molecule has 2 aliphatic heterocycles. The van der Waals surface area contributed by atoms with Crippen LogP contribution >= 0.6 is 11.6 Å². The van der Waals surface area contributed by atoms with Gasteiger partial charge < -0.3 is 16.4 Å². The Labute approximate surface area is 195 Å². The van der Waals surface area contributed by atoms with Crippen molar-refractivity contribution in [3.8, 4) is 0 Å². The largest absolute Gasteiger partial charge is 0.344 e. The highest BCUT2D eigenvalue weighted by Crippen LogP contribution is 2.51. The molecule has 0 aromatic heterocycles. The number of hydrogen-bond acceptors (Lipinski definition) is 4. The fourth-order valence-electron chi connectivity index (χ4n) is 4.84. The van der Waals surface area contributed by atoms with Crippen LogP contribution in [0.3, 0.4) is 0 Å². The number of hydrogen-bond donors (Lipinski definition) is 3. The van der Waals surface area contributed by atoms with E-state index in [0.29, 0.717) is 18.0 Å². The second kappa shape index (κ2) is 9.47. The van der Waals surface area contributed by atoms with Crippen LogP contribution in [0.15, 0.2) is 59.2 Å². The minimum Gasteiger partial charge on any atom is -0.344 e. The molecule has 168 valence electrons. The summed E-state index contributed by atoms with van der Waals surface area (Å²) in [6.07, 6.45) is 5.93. The second-order valence-corrected chi connectivity index (χ2v) is 9.50. The molecule has 0 saturated carbocycles. The minimum atomic E-state index is -0.107. The number of carbonyl (C=O) groups excluding carboxylic acids is 1. The van der Waals surface area contributed by atoms with Gasteiger partial charge >= 0.3 is 0 Å². The number of anilines is 2. The van der Waals surface area contributed by atoms with Crippen LogP contribution in [-0.4, -0.2) is 18.3 Å². The highest BCUT2D eigenvalue weighted by atomic mass is 35.5. The second-order valence-electron chi connectivity index (χ2n) is 9.07. The Morgan fingerprint density at radius 3 is 2.75 bits per heavy atom. The van der Waals surface area contributed by atoms with E-state index >= 15 is 0 Å². The van der Waals surface area contributed by atoms with Gasteiger partial charge in [0.2, 0.25) is 5.91 Å². The van der Waals surface area contributed by atoms with Crippen LogP contribution in [0.5, 0.6) is 0 Å². The van der Waals surface area contributed by atoms with Crippen LogP contribution in [0.2, 0.25) is 5.02 Å². The van der Waals surface area contributed by atoms with E-state index in [1.807, 2.05) is 24.4 Å². The number of amides is 1. The zero-order valence-corrected chi connectivity index (χ0v) is 19.5. The van der Waals surface area contributed by atoms with E-state index in [1.165, 1.54) is 5.56 Å². The number of rotatable bonds is 5. The first kappa shape index (κ1) is 22.6. The Morgan fingerprint density at radius 1 is 1.25 bits per heavy atom. The van der Waals surface area contributed by atoms with Crippen LogP contribution in [0.25, 0.3) is 0 Å². The summed E-state index contributed by atoms with van der Waals surface area (Å²) in [5, 5.41) is 7.18. The van der Waals surface area contributed by atoms with Crippen LogP contribution < -0.4 is 16.4 Å². The zero-order chi connectivity index (χ0) is 22.7. The van der Waals surface area contributed by atoms with Gasteiger partial charge in [0.25, 0.3) is 0 Å². The number of fused-ring (bicyclic) bond motifs is 3. The first-order valence-corrected chi connectivity index (χ1v) is 11.7. The molecule has 0 radical (unpaired) electrons. The molecule has 2 aromatic rings. The maximum atomic E-state index is 12.6. The SMILES string of the molecule is CCC1(C)CC(Nc2ccc(CCCN)cc2)=NC=C2CC(=O)Nc3cc(Cl)ccc3C21. The highest BCUT2D eigenvalue weighted by molar-refractivity contribution is 6.31. The lowest BCUT2D eigenvalue weighted by atomic mass is 9.66. The number of nitrogens with zero attached hydrogens (tertiary/aromatic N) is 1. The Balaban J connectivity index is 1.65. The molecular formula is C26H31ClN4O. The first-order valence-electron chi connectivity index (χ1n) is 11.3. The van der Waals surface area contributed by atoms with E-state index in [1.54, 1.807) is 0 Å². The van der Waals surface area contributed by atoms with Gasteiger partial charge in [-0.3, -0.25) is 4.79 Å². The number of nitrogens with one attached hydrogen (secondary N) is 2. The number of benzene rings is 2. The Bertz CT molecular complexity index is 1060. The first-order chi connectivity index (χ1) is 15.4. The van der Waals surface area contributed by atoms with Crippen LogP contribution in [0, 0.1) is 5.41 Å². The molecule has 0 bridgehead atoms. The topological polar surface area (TPSA) is 79.5 Å². The summed E-state index contributed by atoms with van der Waals surface area (Å²) in [4.78, 5) is 17.4.